The summed E-state index contributed by atoms with van der Waals surface area (Å²) in [5.74, 6) is -0.134. The molecule has 0 unspecified atom stereocenters. The smallest absolute Gasteiger partial charge is 0.128 e. The summed E-state index contributed by atoms with van der Waals surface area (Å²) in [6, 6.07) is 5.77. The number of halogens is 1. The standard InChI is InChI=1S/C13H18FNS/c1-10-4-2-3-7-15(10)9-11-5-6-12(16)8-13(11)14/h5-6,8,10,16H,2-4,7,9H2,1H3/t10-/m1/s1. The lowest BCUT2D eigenvalue weighted by molar-refractivity contribution is 0.151. The molecule has 3 heteroatoms. The van der Waals surface area contributed by atoms with Gasteiger partial charge in [-0.05, 0) is 38.4 Å². The minimum atomic E-state index is -0.134. The van der Waals surface area contributed by atoms with Crippen LogP contribution in [0.5, 0.6) is 0 Å². The van der Waals surface area contributed by atoms with E-state index in [1.54, 1.807) is 0 Å². The number of benzene rings is 1. The highest BCUT2D eigenvalue weighted by Gasteiger charge is 2.19. The van der Waals surface area contributed by atoms with Gasteiger partial charge in [0.2, 0.25) is 0 Å². The Balaban J connectivity index is 2.07. The number of nitrogens with zero attached hydrogens (tertiary/aromatic N) is 1. The predicted molar refractivity (Wildman–Crippen MR) is 67.4 cm³/mol. The summed E-state index contributed by atoms with van der Waals surface area (Å²) in [7, 11) is 0. The maximum Gasteiger partial charge on any atom is 0.128 e. The third-order valence-electron chi connectivity index (χ3n) is 3.35. The largest absolute Gasteiger partial charge is 0.296 e. The molecule has 0 radical (unpaired) electrons. The van der Waals surface area contributed by atoms with E-state index >= 15 is 0 Å². The van der Waals surface area contributed by atoms with E-state index < -0.39 is 0 Å². The van der Waals surface area contributed by atoms with Crippen LogP contribution in [0.1, 0.15) is 31.7 Å². The molecule has 1 aromatic carbocycles. The molecule has 1 fully saturated rings. The minimum absolute atomic E-state index is 0.134. The van der Waals surface area contributed by atoms with Crippen LogP contribution in [0.15, 0.2) is 23.1 Å². The third-order valence-corrected chi connectivity index (χ3v) is 3.63. The Morgan fingerprint density at radius 2 is 2.25 bits per heavy atom. The topological polar surface area (TPSA) is 3.24 Å². The van der Waals surface area contributed by atoms with Crippen LogP contribution in [0.2, 0.25) is 0 Å². The van der Waals surface area contributed by atoms with Crippen LogP contribution in [-0.2, 0) is 6.54 Å². The molecule has 1 saturated heterocycles. The van der Waals surface area contributed by atoms with Gasteiger partial charge in [-0.15, -0.1) is 12.6 Å². The van der Waals surface area contributed by atoms with Crippen LogP contribution in [0.25, 0.3) is 0 Å². The van der Waals surface area contributed by atoms with E-state index in [0.29, 0.717) is 10.9 Å². The molecule has 0 spiro atoms. The number of likely N-dealkylation sites (tertiary alicyclic amines) is 1. The number of thiol groups is 1. The molecule has 0 bridgehead atoms. The van der Waals surface area contributed by atoms with Crippen molar-refractivity contribution in [1.82, 2.24) is 4.90 Å². The number of piperidine rings is 1. The maximum atomic E-state index is 13.7. The molecule has 0 N–H and O–H groups in total. The van der Waals surface area contributed by atoms with Crippen LogP contribution < -0.4 is 0 Å². The highest BCUT2D eigenvalue weighted by atomic mass is 32.1. The van der Waals surface area contributed by atoms with Crippen molar-refractivity contribution in [3.05, 3.63) is 29.6 Å². The van der Waals surface area contributed by atoms with Crippen molar-refractivity contribution >= 4 is 12.6 Å². The molecular formula is C13H18FNS. The third kappa shape index (κ3) is 2.77. The molecule has 1 atom stereocenters. The fourth-order valence-corrected chi connectivity index (χ4v) is 2.46. The van der Waals surface area contributed by atoms with Gasteiger partial charge >= 0.3 is 0 Å². The van der Waals surface area contributed by atoms with Crippen LogP contribution in [-0.4, -0.2) is 17.5 Å². The Morgan fingerprint density at radius 1 is 1.44 bits per heavy atom. The van der Waals surface area contributed by atoms with Crippen LogP contribution in [0.3, 0.4) is 0 Å². The second-order valence-electron chi connectivity index (χ2n) is 4.59. The molecule has 0 aromatic heterocycles. The Hall–Kier alpha value is -0.540. The molecule has 1 aliphatic heterocycles. The molecule has 1 nitrogen and oxygen atoms in total. The fraction of sp³-hybridized carbons (Fsp3) is 0.538. The minimum Gasteiger partial charge on any atom is -0.296 e. The fourth-order valence-electron chi connectivity index (χ4n) is 2.28. The summed E-state index contributed by atoms with van der Waals surface area (Å²) in [5, 5.41) is 0. The van der Waals surface area contributed by atoms with Gasteiger partial charge in [-0.3, -0.25) is 4.90 Å². The van der Waals surface area contributed by atoms with Gasteiger partial charge in [0.15, 0.2) is 0 Å². The summed E-state index contributed by atoms with van der Waals surface area (Å²) < 4.78 is 13.7. The van der Waals surface area contributed by atoms with Gasteiger partial charge < -0.3 is 0 Å². The van der Waals surface area contributed by atoms with E-state index in [0.717, 1.165) is 18.7 Å². The average Bonchev–Trinajstić information content (AvgIpc) is 2.25. The van der Waals surface area contributed by atoms with Gasteiger partial charge in [0, 0.05) is 23.0 Å². The van der Waals surface area contributed by atoms with Crippen LogP contribution >= 0.6 is 12.6 Å². The molecular weight excluding hydrogens is 221 g/mol. The van der Waals surface area contributed by atoms with Crippen molar-refractivity contribution in [2.24, 2.45) is 0 Å². The van der Waals surface area contributed by atoms with Crippen molar-refractivity contribution < 1.29 is 4.39 Å². The summed E-state index contributed by atoms with van der Waals surface area (Å²) >= 11 is 4.13. The normalized spacial score (nSPS) is 22.3. The zero-order chi connectivity index (χ0) is 11.5. The molecule has 1 heterocycles. The van der Waals surface area contributed by atoms with E-state index in [2.05, 4.69) is 24.5 Å². The first-order valence-corrected chi connectivity index (χ1v) is 6.33. The Bertz CT molecular complexity index is 367. The summed E-state index contributed by atoms with van der Waals surface area (Å²) in [6.07, 6.45) is 3.76. The molecule has 88 valence electrons. The number of hydrogen-bond donors (Lipinski definition) is 1. The van der Waals surface area contributed by atoms with Gasteiger partial charge in [0.25, 0.3) is 0 Å². The molecule has 1 aliphatic rings. The van der Waals surface area contributed by atoms with Crippen molar-refractivity contribution in [2.75, 3.05) is 6.54 Å². The van der Waals surface area contributed by atoms with E-state index in [9.17, 15) is 4.39 Å². The van der Waals surface area contributed by atoms with Crippen LogP contribution in [0, 0.1) is 5.82 Å². The lowest BCUT2D eigenvalue weighted by atomic mass is 10.0. The quantitative estimate of drug-likeness (QED) is 0.773. The van der Waals surface area contributed by atoms with E-state index in [1.807, 2.05) is 12.1 Å². The molecule has 16 heavy (non-hydrogen) atoms. The van der Waals surface area contributed by atoms with E-state index in [-0.39, 0.29) is 5.82 Å². The first-order chi connectivity index (χ1) is 7.66. The average molecular weight is 239 g/mol. The Labute approximate surface area is 102 Å². The van der Waals surface area contributed by atoms with Crippen molar-refractivity contribution in [3.8, 4) is 0 Å². The second kappa shape index (κ2) is 5.19. The monoisotopic (exact) mass is 239 g/mol. The van der Waals surface area contributed by atoms with Gasteiger partial charge in [0.1, 0.15) is 5.82 Å². The summed E-state index contributed by atoms with van der Waals surface area (Å²) in [4.78, 5) is 3.05. The predicted octanol–water partition coefficient (Wildman–Crippen LogP) is 3.49. The first kappa shape index (κ1) is 11.9. The Morgan fingerprint density at radius 3 is 2.94 bits per heavy atom. The van der Waals surface area contributed by atoms with Gasteiger partial charge in [-0.2, -0.15) is 0 Å². The number of hydrogen-bond acceptors (Lipinski definition) is 2. The van der Waals surface area contributed by atoms with Crippen molar-refractivity contribution in [3.63, 3.8) is 0 Å². The van der Waals surface area contributed by atoms with E-state index in [1.165, 1.54) is 25.3 Å². The Kier molecular flexibility index (Phi) is 3.87. The zero-order valence-corrected chi connectivity index (χ0v) is 10.5. The molecule has 1 aromatic rings. The lowest BCUT2D eigenvalue weighted by Crippen LogP contribution is -2.36. The van der Waals surface area contributed by atoms with Crippen LogP contribution in [0.4, 0.5) is 4.39 Å². The van der Waals surface area contributed by atoms with Gasteiger partial charge in [0.05, 0.1) is 0 Å². The van der Waals surface area contributed by atoms with Gasteiger partial charge in [-0.25, -0.2) is 4.39 Å². The van der Waals surface area contributed by atoms with E-state index in [4.69, 9.17) is 0 Å². The second-order valence-corrected chi connectivity index (χ2v) is 5.11. The van der Waals surface area contributed by atoms with Crippen molar-refractivity contribution in [1.29, 1.82) is 0 Å². The first-order valence-electron chi connectivity index (χ1n) is 5.88. The molecule has 0 amide bonds. The zero-order valence-electron chi connectivity index (χ0n) is 9.62. The van der Waals surface area contributed by atoms with Gasteiger partial charge in [-0.1, -0.05) is 12.5 Å². The molecule has 0 saturated carbocycles. The SMILES string of the molecule is C[C@@H]1CCCCN1Cc1ccc(S)cc1F. The highest BCUT2D eigenvalue weighted by molar-refractivity contribution is 7.80. The molecule has 0 aliphatic carbocycles. The maximum absolute atomic E-state index is 13.7. The number of rotatable bonds is 2. The van der Waals surface area contributed by atoms with Crippen molar-refractivity contribution in [2.45, 2.75) is 43.7 Å². The summed E-state index contributed by atoms with van der Waals surface area (Å²) in [6.45, 7) is 4.04. The molecule has 2 rings (SSSR count). The summed E-state index contributed by atoms with van der Waals surface area (Å²) in [5.41, 5.74) is 0.784. The lowest BCUT2D eigenvalue weighted by Gasteiger charge is -2.33. The highest BCUT2D eigenvalue weighted by Crippen LogP contribution is 2.21.